The number of rotatable bonds is 2. The van der Waals surface area contributed by atoms with Crippen molar-refractivity contribution in [3.05, 3.63) is 30.2 Å². The molecule has 0 atom stereocenters. The number of aromatic nitrogens is 2. The highest BCUT2D eigenvalue weighted by molar-refractivity contribution is 5.48. The first kappa shape index (κ1) is 11.5. The van der Waals surface area contributed by atoms with Crippen LogP contribution in [0.25, 0.3) is 5.65 Å². The van der Waals surface area contributed by atoms with Crippen LogP contribution in [0, 0.1) is 0 Å². The van der Waals surface area contributed by atoms with E-state index in [0.717, 1.165) is 17.9 Å². The number of pyridine rings is 1. The molecule has 3 rings (SSSR count). The second kappa shape index (κ2) is 4.98. The van der Waals surface area contributed by atoms with E-state index >= 15 is 0 Å². The molecular formula is C14H20N4. The monoisotopic (exact) mass is 244 g/mol. The van der Waals surface area contributed by atoms with Gasteiger partial charge in [-0.15, -0.1) is 0 Å². The maximum atomic E-state index is 5.85. The van der Waals surface area contributed by atoms with Gasteiger partial charge in [0.1, 0.15) is 5.65 Å². The first-order chi connectivity index (χ1) is 8.83. The van der Waals surface area contributed by atoms with Crippen LogP contribution in [0.3, 0.4) is 0 Å². The molecule has 0 aromatic carbocycles. The zero-order valence-corrected chi connectivity index (χ0v) is 10.7. The Bertz CT molecular complexity index is 524. The first-order valence-electron chi connectivity index (χ1n) is 6.77. The number of nitrogens with zero attached hydrogens (tertiary/aromatic N) is 3. The zero-order valence-electron chi connectivity index (χ0n) is 10.7. The normalized spacial score (nSPS) is 18.0. The summed E-state index contributed by atoms with van der Waals surface area (Å²) in [6.07, 6.45) is 9.32. The van der Waals surface area contributed by atoms with Gasteiger partial charge in [0.2, 0.25) is 0 Å². The third-order valence-corrected chi connectivity index (χ3v) is 3.69. The van der Waals surface area contributed by atoms with E-state index in [-0.39, 0.29) is 0 Å². The third-order valence-electron chi connectivity index (χ3n) is 3.69. The number of anilines is 1. The third kappa shape index (κ3) is 2.34. The molecule has 2 aromatic heterocycles. The van der Waals surface area contributed by atoms with Crippen molar-refractivity contribution >= 4 is 11.3 Å². The molecule has 1 saturated heterocycles. The lowest BCUT2D eigenvalue weighted by Gasteiger charge is -2.19. The van der Waals surface area contributed by atoms with E-state index in [1.807, 2.05) is 24.5 Å². The Morgan fingerprint density at radius 2 is 1.89 bits per heavy atom. The van der Waals surface area contributed by atoms with E-state index in [0.29, 0.717) is 0 Å². The van der Waals surface area contributed by atoms with Crippen LogP contribution in [-0.2, 0) is 6.54 Å². The van der Waals surface area contributed by atoms with Gasteiger partial charge in [-0.3, -0.25) is 4.90 Å². The smallest absolute Gasteiger partial charge is 0.137 e. The predicted octanol–water partition coefficient (Wildman–Crippen LogP) is 2.29. The lowest BCUT2D eigenvalue weighted by molar-refractivity contribution is 0.273. The fourth-order valence-corrected chi connectivity index (χ4v) is 2.69. The SMILES string of the molecule is Nc1ccc2ncc(CN3CCCCCC3)n2c1. The lowest BCUT2D eigenvalue weighted by atomic mass is 10.2. The number of imidazole rings is 1. The van der Waals surface area contributed by atoms with Gasteiger partial charge in [-0.05, 0) is 38.1 Å². The molecule has 1 aliphatic rings. The number of nitrogens with two attached hydrogens (primary N) is 1. The van der Waals surface area contributed by atoms with E-state index in [2.05, 4.69) is 14.3 Å². The Kier molecular flexibility index (Phi) is 3.19. The number of fused-ring (bicyclic) bond motifs is 1. The summed E-state index contributed by atoms with van der Waals surface area (Å²) < 4.78 is 2.11. The van der Waals surface area contributed by atoms with Gasteiger partial charge in [0.15, 0.2) is 0 Å². The quantitative estimate of drug-likeness (QED) is 0.881. The van der Waals surface area contributed by atoms with Crippen molar-refractivity contribution in [1.29, 1.82) is 0 Å². The molecule has 1 fully saturated rings. The van der Waals surface area contributed by atoms with Gasteiger partial charge in [-0.2, -0.15) is 0 Å². The molecule has 0 unspecified atom stereocenters. The van der Waals surface area contributed by atoms with Gasteiger partial charge in [0.05, 0.1) is 11.9 Å². The summed E-state index contributed by atoms with van der Waals surface area (Å²) in [5.74, 6) is 0. The highest BCUT2D eigenvalue weighted by Gasteiger charge is 2.12. The van der Waals surface area contributed by atoms with Crippen LogP contribution in [0.4, 0.5) is 5.69 Å². The molecular weight excluding hydrogens is 224 g/mol. The van der Waals surface area contributed by atoms with Crippen LogP contribution in [0.5, 0.6) is 0 Å². The Morgan fingerprint density at radius 1 is 1.11 bits per heavy atom. The number of hydrogen-bond donors (Lipinski definition) is 1. The number of likely N-dealkylation sites (tertiary alicyclic amines) is 1. The van der Waals surface area contributed by atoms with Gasteiger partial charge in [-0.25, -0.2) is 4.98 Å². The van der Waals surface area contributed by atoms with Crippen LogP contribution in [0.1, 0.15) is 31.4 Å². The van der Waals surface area contributed by atoms with Crippen molar-refractivity contribution in [2.24, 2.45) is 0 Å². The average Bonchev–Trinajstić information content (AvgIpc) is 2.60. The van der Waals surface area contributed by atoms with Crippen LogP contribution in [-0.4, -0.2) is 27.4 Å². The largest absolute Gasteiger partial charge is 0.398 e. The fraction of sp³-hybridized carbons (Fsp3) is 0.500. The molecule has 0 bridgehead atoms. The minimum Gasteiger partial charge on any atom is -0.398 e. The molecule has 0 saturated carbocycles. The predicted molar refractivity (Wildman–Crippen MR) is 73.3 cm³/mol. The molecule has 2 aromatic rings. The van der Waals surface area contributed by atoms with Crippen LogP contribution < -0.4 is 5.73 Å². The first-order valence-corrected chi connectivity index (χ1v) is 6.77. The molecule has 96 valence electrons. The summed E-state index contributed by atoms with van der Waals surface area (Å²) in [6.45, 7) is 3.38. The molecule has 4 heteroatoms. The number of nitrogen functional groups attached to an aromatic ring is 1. The Balaban J connectivity index is 1.83. The van der Waals surface area contributed by atoms with E-state index < -0.39 is 0 Å². The second-order valence-electron chi connectivity index (χ2n) is 5.13. The average molecular weight is 244 g/mol. The van der Waals surface area contributed by atoms with Crippen molar-refractivity contribution in [2.45, 2.75) is 32.2 Å². The topological polar surface area (TPSA) is 46.6 Å². The molecule has 0 radical (unpaired) electrons. The standard InChI is InChI=1S/C14H20N4/c15-12-5-6-14-16-9-13(18(14)10-12)11-17-7-3-1-2-4-8-17/h5-6,9-10H,1-4,7-8,11,15H2. The van der Waals surface area contributed by atoms with Gasteiger partial charge in [0.25, 0.3) is 0 Å². The van der Waals surface area contributed by atoms with Gasteiger partial charge >= 0.3 is 0 Å². The minimum absolute atomic E-state index is 0.789. The summed E-state index contributed by atoms with van der Waals surface area (Å²) in [5.41, 5.74) is 8.85. The van der Waals surface area contributed by atoms with Crippen molar-refractivity contribution < 1.29 is 0 Å². The van der Waals surface area contributed by atoms with Crippen molar-refractivity contribution in [1.82, 2.24) is 14.3 Å². The zero-order chi connectivity index (χ0) is 12.4. The molecule has 3 heterocycles. The van der Waals surface area contributed by atoms with E-state index in [4.69, 9.17) is 5.73 Å². The van der Waals surface area contributed by atoms with Crippen LogP contribution >= 0.6 is 0 Å². The summed E-state index contributed by atoms with van der Waals surface area (Å²) >= 11 is 0. The Morgan fingerprint density at radius 3 is 2.67 bits per heavy atom. The van der Waals surface area contributed by atoms with E-state index in [1.54, 1.807) is 0 Å². The van der Waals surface area contributed by atoms with Crippen LogP contribution in [0.15, 0.2) is 24.5 Å². The summed E-state index contributed by atoms with van der Waals surface area (Å²) in [7, 11) is 0. The minimum atomic E-state index is 0.789. The van der Waals surface area contributed by atoms with E-state index in [1.165, 1.54) is 44.5 Å². The molecule has 18 heavy (non-hydrogen) atoms. The summed E-state index contributed by atoms with van der Waals surface area (Å²) in [4.78, 5) is 6.96. The highest BCUT2D eigenvalue weighted by Crippen LogP contribution is 2.15. The maximum absolute atomic E-state index is 5.85. The molecule has 0 aliphatic carbocycles. The molecule has 4 nitrogen and oxygen atoms in total. The van der Waals surface area contributed by atoms with Gasteiger partial charge < -0.3 is 10.1 Å². The molecule has 2 N–H and O–H groups in total. The molecule has 0 spiro atoms. The van der Waals surface area contributed by atoms with Crippen molar-refractivity contribution in [3.8, 4) is 0 Å². The Labute approximate surface area is 107 Å². The number of hydrogen-bond acceptors (Lipinski definition) is 3. The van der Waals surface area contributed by atoms with Crippen molar-refractivity contribution in [2.75, 3.05) is 18.8 Å². The Hall–Kier alpha value is -1.55. The van der Waals surface area contributed by atoms with E-state index in [9.17, 15) is 0 Å². The summed E-state index contributed by atoms with van der Waals surface area (Å²) in [6, 6.07) is 3.87. The van der Waals surface area contributed by atoms with Gasteiger partial charge in [0, 0.05) is 18.4 Å². The maximum Gasteiger partial charge on any atom is 0.137 e. The van der Waals surface area contributed by atoms with Crippen LogP contribution in [0.2, 0.25) is 0 Å². The fourth-order valence-electron chi connectivity index (χ4n) is 2.69. The molecule has 1 aliphatic heterocycles. The molecule has 0 amide bonds. The highest BCUT2D eigenvalue weighted by atomic mass is 15.1. The van der Waals surface area contributed by atoms with Crippen molar-refractivity contribution in [3.63, 3.8) is 0 Å². The lowest BCUT2D eigenvalue weighted by Crippen LogP contribution is -2.24. The van der Waals surface area contributed by atoms with Gasteiger partial charge in [-0.1, -0.05) is 12.8 Å². The second-order valence-corrected chi connectivity index (χ2v) is 5.13. The summed E-state index contributed by atoms with van der Waals surface area (Å²) in [5, 5.41) is 0.